The van der Waals surface area contributed by atoms with Crippen molar-refractivity contribution in [1.82, 2.24) is 19.7 Å². The fourth-order valence-electron chi connectivity index (χ4n) is 2.20. The largest absolute Gasteiger partial charge is 0.425 e. The fourth-order valence-corrected chi connectivity index (χ4v) is 3.01. The summed E-state index contributed by atoms with van der Waals surface area (Å²) in [5, 5.41) is 8.75. The summed E-state index contributed by atoms with van der Waals surface area (Å²) in [6.07, 6.45) is 3.77. The first-order valence-electron chi connectivity index (χ1n) is 6.65. The Kier molecular flexibility index (Phi) is 3.79. The van der Waals surface area contributed by atoms with Crippen LogP contribution in [0.15, 0.2) is 40.2 Å². The molecule has 0 aliphatic heterocycles. The minimum Gasteiger partial charge on any atom is -0.425 e. The van der Waals surface area contributed by atoms with Crippen molar-refractivity contribution in [2.75, 3.05) is 0 Å². The molecule has 3 aromatic rings. The second kappa shape index (κ2) is 5.73. The quantitative estimate of drug-likeness (QED) is 0.690. The van der Waals surface area contributed by atoms with E-state index in [1.54, 1.807) is 24.9 Å². The average Bonchev–Trinajstić information content (AvgIpc) is 3.03. The van der Waals surface area contributed by atoms with E-state index in [0.29, 0.717) is 17.5 Å². The van der Waals surface area contributed by atoms with Crippen molar-refractivity contribution in [2.24, 2.45) is 0 Å². The number of benzene rings is 1. The normalized spacial score (nSPS) is 11.0. The Morgan fingerprint density at radius 1 is 1.10 bits per heavy atom. The van der Waals surface area contributed by atoms with Crippen molar-refractivity contribution in [1.29, 1.82) is 0 Å². The Morgan fingerprint density at radius 3 is 2.52 bits per heavy atom. The van der Waals surface area contributed by atoms with Crippen LogP contribution >= 0.6 is 11.8 Å². The van der Waals surface area contributed by atoms with E-state index in [1.807, 2.05) is 6.20 Å². The van der Waals surface area contributed by atoms with Crippen LogP contribution < -0.4 is 0 Å². The van der Waals surface area contributed by atoms with Gasteiger partial charge in [0.05, 0.1) is 5.75 Å². The van der Waals surface area contributed by atoms with Crippen LogP contribution in [0.4, 0.5) is 0 Å². The Hall–Kier alpha value is -2.08. The van der Waals surface area contributed by atoms with Gasteiger partial charge in [0.15, 0.2) is 5.16 Å². The molecule has 108 valence electrons. The van der Waals surface area contributed by atoms with E-state index in [1.165, 1.54) is 11.1 Å². The van der Waals surface area contributed by atoms with Gasteiger partial charge in [0.2, 0.25) is 11.8 Å². The molecule has 21 heavy (non-hydrogen) atoms. The highest BCUT2D eigenvalue weighted by molar-refractivity contribution is 7.98. The summed E-state index contributed by atoms with van der Waals surface area (Å²) in [5.74, 6) is 1.82. The summed E-state index contributed by atoms with van der Waals surface area (Å²) in [5.41, 5.74) is 3.60. The van der Waals surface area contributed by atoms with E-state index < -0.39 is 0 Å². The maximum atomic E-state index is 5.39. The molecular formula is C15H16N4OS. The third-order valence-corrected chi connectivity index (χ3v) is 3.94. The van der Waals surface area contributed by atoms with Crippen molar-refractivity contribution >= 4 is 11.8 Å². The van der Waals surface area contributed by atoms with Gasteiger partial charge in [-0.1, -0.05) is 17.8 Å². The molecule has 0 saturated heterocycles. The predicted octanol–water partition coefficient (Wildman–Crippen LogP) is 3.47. The van der Waals surface area contributed by atoms with E-state index in [9.17, 15) is 0 Å². The van der Waals surface area contributed by atoms with Gasteiger partial charge >= 0.3 is 0 Å². The maximum absolute atomic E-state index is 5.39. The lowest BCUT2D eigenvalue weighted by Gasteiger charge is -2.09. The summed E-state index contributed by atoms with van der Waals surface area (Å²) in [6, 6.07) is 6.46. The second-order valence-electron chi connectivity index (χ2n) is 4.93. The van der Waals surface area contributed by atoms with Gasteiger partial charge in [-0.2, -0.15) is 0 Å². The Balaban J connectivity index is 1.83. The Bertz CT molecular complexity index is 742. The lowest BCUT2D eigenvalue weighted by atomic mass is 10.1. The number of aromatic nitrogens is 4. The number of hydrogen-bond acceptors (Lipinski definition) is 5. The fraction of sp³-hybridized carbons (Fsp3) is 0.267. The van der Waals surface area contributed by atoms with E-state index in [-0.39, 0.29) is 0 Å². The molecule has 0 saturated carbocycles. The zero-order chi connectivity index (χ0) is 14.8. The van der Waals surface area contributed by atoms with Gasteiger partial charge in [-0.3, -0.25) is 4.57 Å². The molecule has 0 fully saturated rings. The van der Waals surface area contributed by atoms with Crippen LogP contribution in [0.25, 0.3) is 5.69 Å². The van der Waals surface area contributed by atoms with Crippen molar-refractivity contribution < 1.29 is 4.42 Å². The lowest BCUT2D eigenvalue weighted by Crippen LogP contribution is -1.97. The van der Waals surface area contributed by atoms with Gasteiger partial charge < -0.3 is 4.42 Å². The molecule has 3 rings (SSSR count). The van der Waals surface area contributed by atoms with Crippen LogP contribution in [0.2, 0.25) is 0 Å². The number of hydrogen-bond donors (Lipinski definition) is 0. The Morgan fingerprint density at radius 2 is 1.86 bits per heavy atom. The molecule has 0 atom stereocenters. The van der Waals surface area contributed by atoms with Crippen LogP contribution in [0.5, 0.6) is 0 Å². The number of aryl methyl sites for hydroxylation is 3. The molecule has 0 aliphatic carbocycles. The molecule has 0 N–H and O–H groups in total. The first kappa shape index (κ1) is 13.9. The first-order valence-corrected chi connectivity index (χ1v) is 7.64. The van der Waals surface area contributed by atoms with Gasteiger partial charge in [-0.05, 0) is 37.1 Å². The standard InChI is InChI=1S/C15H16N4OS/c1-10-6-11(2)8-13(7-10)19-5-4-16-15(19)21-9-14-18-17-12(3)20-14/h4-8H,9H2,1-3H3. The van der Waals surface area contributed by atoms with E-state index in [2.05, 4.69) is 51.8 Å². The summed E-state index contributed by atoms with van der Waals surface area (Å²) in [6.45, 7) is 5.99. The summed E-state index contributed by atoms with van der Waals surface area (Å²) in [7, 11) is 0. The van der Waals surface area contributed by atoms with Gasteiger partial charge in [-0.25, -0.2) is 4.98 Å². The highest BCUT2D eigenvalue weighted by Gasteiger charge is 2.09. The van der Waals surface area contributed by atoms with Crippen LogP contribution in [-0.2, 0) is 5.75 Å². The zero-order valence-corrected chi connectivity index (χ0v) is 13.0. The highest BCUT2D eigenvalue weighted by Crippen LogP contribution is 2.24. The second-order valence-corrected chi connectivity index (χ2v) is 5.87. The molecular weight excluding hydrogens is 284 g/mol. The van der Waals surface area contributed by atoms with Crippen molar-refractivity contribution in [3.05, 3.63) is 53.5 Å². The molecule has 6 heteroatoms. The van der Waals surface area contributed by atoms with E-state index >= 15 is 0 Å². The molecule has 0 aliphatic rings. The third-order valence-electron chi connectivity index (χ3n) is 2.98. The molecule has 0 amide bonds. The minimum atomic E-state index is 0.586. The topological polar surface area (TPSA) is 56.7 Å². The van der Waals surface area contributed by atoms with Gasteiger partial charge in [0.1, 0.15) is 0 Å². The Labute approximate surface area is 127 Å². The van der Waals surface area contributed by atoms with Crippen LogP contribution in [0, 0.1) is 20.8 Å². The molecule has 1 aromatic carbocycles. The van der Waals surface area contributed by atoms with Crippen LogP contribution in [0.3, 0.4) is 0 Å². The smallest absolute Gasteiger partial charge is 0.226 e. The predicted molar refractivity (Wildman–Crippen MR) is 81.6 cm³/mol. The number of rotatable bonds is 4. The molecule has 5 nitrogen and oxygen atoms in total. The first-order chi connectivity index (χ1) is 10.1. The molecule has 0 radical (unpaired) electrons. The molecule has 2 aromatic heterocycles. The van der Waals surface area contributed by atoms with Gasteiger partial charge in [0.25, 0.3) is 0 Å². The third kappa shape index (κ3) is 3.16. The van der Waals surface area contributed by atoms with Gasteiger partial charge in [-0.15, -0.1) is 10.2 Å². The zero-order valence-electron chi connectivity index (χ0n) is 12.2. The number of thioether (sulfide) groups is 1. The van der Waals surface area contributed by atoms with E-state index in [4.69, 9.17) is 4.42 Å². The molecule has 0 spiro atoms. The number of nitrogens with zero attached hydrogens (tertiary/aromatic N) is 4. The summed E-state index contributed by atoms with van der Waals surface area (Å²) >= 11 is 1.58. The highest BCUT2D eigenvalue weighted by atomic mass is 32.2. The summed E-state index contributed by atoms with van der Waals surface area (Å²) in [4.78, 5) is 4.41. The molecule has 0 bridgehead atoms. The van der Waals surface area contributed by atoms with Crippen molar-refractivity contribution in [3.63, 3.8) is 0 Å². The maximum Gasteiger partial charge on any atom is 0.226 e. The monoisotopic (exact) mass is 300 g/mol. The van der Waals surface area contributed by atoms with Gasteiger partial charge in [0, 0.05) is 25.0 Å². The van der Waals surface area contributed by atoms with E-state index in [0.717, 1.165) is 10.8 Å². The lowest BCUT2D eigenvalue weighted by molar-refractivity contribution is 0.485. The molecule has 2 heterocycles. The summed E-state index contributed by atoms with van der Waals surface area (Å²) < 4.78 is 7.46. The van der Waals surface area contributed by atoms with Crippen LogP contribution in [0.1, 0.15) is 22.9 Å². The SMILES string of the molecule is Cc1cc(C)cc(-n2ccnc2SCc2nnc(C)o2)c1. The average molecular weight is 300 g/mol. The van der Waals surface area contributed by atoms with Crippen molar-refractivity contribution in [3.8, 4) is 5.69 Å². The van der Waals surface area contributed by atoms with Crippen LogP contribution in [-0.4, -0.2) is 19.7 Å². The number of imidazole rings is 1. The van der Waals surface area contributed by atoms with Crippen molar-refractivity contribution in [2.45, 2.75) is 31.7 Å². The molecule has 0 unspecified atom stereocenters. The minimum absolute atomic E-state index is 0.586.